The van der Waals surface area contributed by atoms with E-state index in [0.717, 1.165) is 18.2 Å². The van der Waals surface area contributed by atoms with Gasteiger partial charge in [-0.2, -0.15) is 4.31 Å². The van der Waals surface area contributed by atoms with Gasteiger partial charge in [0.15, 0.2) is 0 Å². The largest absolute Gasteiger partial charge is 0.496 e. The summed E-state index contributed by atoms with van der Waals surface area (Å²) in [7, 11) is -2.14. The van der Waals surface area contributed by atoms with E-state index in [0.29, 0.717) is 36.0 Å². The fraction of sp³-hybridized carbons (Fsp3) is 0.273. The van der Waals surface area contributed by atoms with Gasteiger partial charge in [-0.15, -0.1) is 0 Å². The molecule has 0 radical (unpaired) electrons. The van der Waals surface area contributed by atoms with E-state index in [9.17, 15) is 12.8 Å². The van der Waals surface area contributed by atoms with Crippen molar-refractivity contribution in [1.82, 2.24) is 14.3 Å². The first-order chi connectivity index (χ1) is 14.9. The Bertz CT molecular complexity index is 1190. The number of halogens is 1. The summed E-state index contributed by atoms with van der Waals surface area (Å²) in [6.45, 7) is 2.25. The van der Waals surface area contributed by atoms with Crippen molar-refractivity contribution >= 4 is 21.7 Å². The topological polar surface area (TPSA) is 84.4 Å². The SMILES string of the molecule is COc1ccc(S(=O)(=O)N2CCCC2c2cccc(Nc3ccc(F)cn3)n2)cc1C. The van der Waals surface area contributed by atoms with Crippen LogP contribution in [-0.4, -0.2) is 36.3 Å². The zero-order chi connectivity index (χ0) is 22.0. The highest BCUT2D eigenvalue weighted by Gasteiger charge is 2.37. The number of aromatic nitrogens is 2. The molecule has 1 aliphatic heterocycles. The molecule has 1 aromatic carbocycles. The number of ether oxygens (including phenoxy) is 1. The molecule has 1 aliphatic rings. The quantitative estimate of drug-likeness (QED) is 0.616. The molecule has 0 spiro atoms. The minimum Gasteiger partial charge on any atom is -0.496 e. The van der Waals surface area contributed by atoms with Crippen molar-refractivity contribution in [2.24, 2.45) is 0 Å². The van der Waals surface area contributed by atoms with Gasteiger partial charge in [0.2, 0.25) is 10.0 Å². The summed E-state index contributed by atoms with van der Waals surface area (Å²) in [5, 5.41) is 3.03. The van der Waals surface area contributed by atoms with E-state index in [4.69, 9.17) is 4.74 Å². The van der Waals surface area contributed by atoms with Crippen molar-refractivity contribution in [3.8, 4) is 5.75 Å². The van der Waals surface area contributed by atoms with Crippen molar-refractivity contribution in [2.75, 3.05) is 19.0 Å². The third-order valence-electron chi connectivity index (χ3n) is 5.27. The number of anilines is 2. The number of hydrogen-bond donors (Lipinski definition) is 1. The lowest BCUT2D eigenvalue weighted by Gasteiger charge is -2.24. The Hall–Kier alpha value is -3.04. The number of sulfonamides is 1. The first-order valence-corrected chi connectivity index (χ1v) is 11.3. The lowest BCUT2D eigenvalue weighted by molar-refractivity contribution is 0.390. The molecule has 7 nitrogen and oxygen atoms in total. The lowest BCUT2D eigenvalue weighted by atomic mass is 10.1. The standard InChI is InChI=1S/C22H23FN4O3S/c1-15-13-17(9-10-20(15)30-2)31(28,29)27-12-4-6-19(27)18-5-3-7-22(25-18)26-21-11-8-16(23)14-24-21/h3,5,7-11,13-14,19H,4,6,12H2,1-2H3,(H,24,25,26). The van der Waals surface area contributed by atoms with Gasteiger partial charge in [0.1, 0.15) is 23.2 Å². The van der Waals surface area contributed by atoms with E-state index in [1.807, 2.05) is 19.1 Å². The van der Waals surface area contributed by atoms with Crippen molar-refractivity contribution in [1.29, 1.82) is 0 Å². The molecular weight excluding hydrogens is 419 g/mol. The maximum Gasteiger partial charge on any atom is 0.243 e. The second kappa shape index (κ2) is 8.60. The van der Waals surface area contributed by atoms with Crippen LogP contribution in [0, 0.1) is 12.7 Å². The summed E-state index contributed by atoms with van der Waals surface area (Å²) in [6.07, 6.45) is 2.55. The van der Waals surface area contributed by atoms with Gasteiger partial charge in [0.25, 0.3) is 0 Å². The Morgan fingerprint density at radius 1 is 1.16 bits per heavy atom. The molecule has 0 aliphatic carbocycles. The zero-order valence-corrected chi connectivity index (χ0v) is 18.1. The normalized spacial score (nSPS) is 16.9. The van der Waals surface area contributed by atoms with Gasteiger partial charge >= 0.3 is 0 Å². The van der Waals surface area contributed by atoms with Crippen LogP contribution in [0.2, 0.25) is 0 Å². The minimum absolute atomic E-state index is 0.238. The van der Waals surface area contributed by atoms with E-state index < -0.39 is 15.8 Å². The number of nitrogens with one attached hydrogen (secondary N) is 1. The molecule has 162 valence electrons. The molecule has 31 heavy (non-hydrogen) atoms. The molecule has 0 saturated carbocycles. The van der Waals surface area contributed by atoms with Gasteiger partial charge in [-0.05, 0) is 67.8 Å². The van der Waals surface area contributed by atoms with Gasteiger partial charge in [-0.3, -0.25) is 0 Å². The van der Waals surface area contributed by atoms with Crippen LogP contribution in [-0.2, 0) is 10.0 Å². The predicted octanol–water partition coefficient (Wildman–Crippen LogP) is 4.20. The fourth-order valence-electron chi connectivity index (χ4n) is 3.76. The van der Waals surface area contributed by atoms with Crippen LogP contribution in [0.25, 0.3) is 0 Å². The van der Waals surface area contributed by atoms with Crippen LogP contribution >= 0.6 is 0 Å². The summed E-state index contributed by atoms with van der Waals surface area (Å²) in [4.78, 5) is 8.82. The van der Waals surface area contributed by atoms with Gasteiger partial charge in [0.05, 0.1) is 29.9 Å². The van der Waals surface area contributed by atoms with Crippen LogP contribution in [0.15, 0.2) is 59.6 Å². The third-order valence-corrected chi connectivity index (χ3v) is 7.18. The second-order valence-electron chi connectivity index (χ2n) is 7.34. The van der Waals surface area contributed by atoms with Gasteiger partial charge in [-0.25, -0.2) is 22.8 Å². The summed E-state index contributed by atoms with van der Waals surface area (Å²) < 4.78 is 46.6. The predicted molar refractivity (Wildman–Crippen MR) is 115 cm³/mol. The highest BCUT2D eigenvalue weighted by molar-refractivity contribution is 7.89. The molecular formula is C22H23FN4O3S. The Morgan fingerprint density at radius 2 is 2.00 bits per heavy atom. The minimum atomic E-state index is -3.70. The lowest BCUT2D eigenvalue weighted by Crippen LogP contribution is -2.31. The van der Waals surface area contributed by atoms with Crippen LogP contribution in [0.4, 0.5) is 16.0 Å². The summed E-state index contributed by atoms with van der Waals surface area (Å²) in [5.41, 5.74) is 1.41. The Kier molecular flexibility index (Phi) is 5.88. The van der Waals surface area contributed by atoms with Crippen LogP contribution in [0.5, 0.6) is 5.75 Å². The molecule has 1 saturated heterocycles. The maximum atomic E-state index is 13.4. The van der Waals surface area contributed by atoms with Crippen LogP contribution in [0.3, 0.4) is 0 Å². The average Bonchev–Trinajstić information content (AvgIpc) is 3.26. The Labute approximate surface area is 181 Å². The molecule has 3 heterocycles. The van der Waals surface area contributed by atoms with Crippen LogP contribution < -0.4 is 10.1 Å². The average molecular weight is 443 g/mol. The first-order valence-electron chi connectivity index (χ1n) is 9.90. The molecule has 1 N–H and O–H groups in total. The number of pyridine rings is 2. The molecule has 0 amide bonds. The molecule has 1 fully saturated rings. The fourth-order valence-corrected chi connectivity index (χ4v) is 5.51. The summed E-state index contributed by atoms with van der Waals surface area (Å²) in [5.74, 6) is 1.19. The number of hydrogen-bond acceptors (Lipinski definition) is 6. The third kappa shape index (κ3) is 4.38. The smallest absolute Gasteiger partial charge is 0.243 e. The Balaban J connectivity index is 1.61. The molecule has 0 bridgehead atoms. The highest BCUT2D eigenvalue weighted by atomic mass is 32.2. The summed E-state index contributed by atoms with van der Waals surface area (Å²) >= 11 is 0. The number of nitrogens with zero attached hydrogens (tertiary/aromatic N) is 3. The maximum absolute atomic E-state index is 13.4. The monoisotopic (exact) mass is 442 g/mol. The van der Waals surface area contributed by atoms with Crippen molar-refractivity contribution in [3.63, 3.8) is 0 Å². The molecule has 2 aromatic heterocycles. The molecule has 9 heteroatoms. The second-order valence-corrected chi connectivity index (χ2v) is 9.23. The molecule has 1 atom stereocenters. The van der Waals surface area contributed by atoms with E-state index in [1.165, 1.54) is 16.4 Å². The van der Waals surface area contributed by atoms with Crippen LogP contribution in [0.1, 0.15) is 30.1 Å². The van der Waals surface area contributed by atoms with E-state index in [2.05, 4.69) is 15.3 Å². The number of aryl methyl sites for hydroxylation is 1. The number of methoxy groups -OCH3 is 1. The Morgan fingerprint density at radius 3 is 2.71 bits per heavy atom. The van der Waals surface area contributed by atoms with E-state index >= 15 is 0 Å². The van der Waals surface area contributed by atoms with Crippen molar-refractivity contribution < 1.29 is 17.5 Å². The molecule has 3 aromatic rings. The first kappa shape index (κ1) is 21.2. The van der Waals surface area contributed by atoms with E-state index in [-0.39, 0.29) is 10.9 Å². The molecule has 4 rings (SSSR count). The van der Waals surface area contributed by atoms with Gasteiger partial charge in [-0.1, -0.05) is 6.07 Å². The van der Waals surface area contributed by atoms with Crippen molar-refractivity contribution in [3.05, 3.63) is 71.8 Å². The van der Waals surface area contributed by atoms with Crippen molar-refractivity contribution in [2.45, 2.75) is 30.7 Å². The number of benzene rings is 1. The number of rotatable bonds is 6. The van der Waals surface area contributed by atoms with E-state index in [1.54, 1.807) is 31.4 Å². The zero-order valence-electron chi connectivity index (χ0n) is 17.2. The van der Waals surface area contributed by atoms with Gasteiger partial charge < -0.3 is 10.1 Å². The highest BCUT2D eigenvalue weighted by Crippen LogP contribution is 2.37. The molecule has 1 unspecified atom stereocenters. The summed E-state index contributed by atoms with van der Waals surface area (Å²) in [6, 6.07) is 12.7. The van der Waals surface area contributed by atoms with Gasteiger partial charge in [0, 0.05) is 6.54 Å².